The van der Waals surface area contributed by atoms with Crippen molar-refractivity contribution in [2.75, 3.05) is 24.7 Å². The minimum Gasteiger partial charge on any atom is -0.493 e. The lowest BCUT2D eigenvalue weighted by molar-refractivity contribution is 0.0696. The van der Waals surface area contributed by atoms with Crippen molar-refractivity contribution in [3.05, 3.63) is 58.1 Å². The van der Waals surface area contributed by atoms with Crippen molar-refractivity contribution < 1.29 is 19.7 Å². The number of aliphatic hydroxyl groups excluding tert-OH is 1. The molecule has 5 nitrogen and oxygen atoms in total. The van der Waals surface area contributed by atoms with E-state index in [0.717, 1.165) is 29.1 Å². The third kappa shape index (κ3) is 3.94. The van der Waals surface area contributed by atoms with Gasteiger partial charge in [0.15, 0.2) is 0 Å². The largest absolute Gasteiger partial charge is 0.493 e. The fraction of sp³-hybridized carbons (Fsp3) is 0.350. The van der Waals surface area contributed by atoms with Crippen LogP contribution in [0.5, 0.6) is 5.75 Å². The SMILES string of the molecule is CC(CO)COc1ccc(Cl)cc1CN1CCc2c(C(=O)O)cccc21. The Morgan fingerprint density at radius 3 is 2.88 bits per heavy atom. The number of nitrogens with zero attached hydrogens (tertiary/aromatic N) is 1. The molecule has 0 amide bonds. The van der Waals surface area contributed by atoms with Gasteiger partial charge in [-0.3, -0.25) is 0 Å². The van der Waals surface area contributed by atoms with Crippen LogP contribution in [0, 0.1) is 5.92 Å². The zero-order valence-electron chi connectivity index (χ0n) is 14.6. The van der Waals surface area contributed by atoms with Crippen LogP contribution in [-0.4, -0.2) is 35.9 Å². The molecule has 3 rings (SSSR count). The number of carbonyl (C=O) groups is 1. The van der Waals surface area contributed by atoms with E-state index >= 15 is 0 Å². The van der Waals surface area contributed by atoms with Crippen molar-refractivity contribution in [2.45, 2.75) is 19.9 Å². The van der Waals surface area contributed by atoms with Gasteiger partial charge in [0.05, 0.1) is 12.2 Å². The summed E-state index contributed by atoms with van der Waals surface area (Å²) in [7, 11) is 0. The van der Waals surface area contributed by atoms with E-state index in [1.807, 2.05) is 25.1 Å². The van der Waals surface area contributed by atoms with E-state index in [0.29, 0.717) is 30.2 Å². The van der Waals surface area contributed by atoms with Gasteiger partial charge < -0.3 is 19.8 Å². The molecule has 1 heterocycles. The third-order valence-corrected chi connectivity index (χ3v) is 4.81. The van der Waals surface area contributed by atoms with Gasteiger partial charge in [-0.05, 0) is 42.3 Å². The summed E-state index contributed by atoms with van der Waals surface area (Å²) in [4.78, 5) is 13.6. The molecule has 1 aliphatic rings. The van der Waals surface area contributed by atoms with Gasteiger partial charge in [-0.2, -0.15) is 0 Å². The van der Waals surface area contributed by atoms with Crippen molar-refractivity contribution in [1.29, 1.82) is 0 Å². The summed E-state index contributed by atoms with van der Waals surface area (Å²) < 4.78 is 5.87. The molecule has 2 aromatic carbocycles. The van der Waals surface area contributed by atoms with E-state index in [9.17, 15) is 15.0 Å². The first kappa shape index (κ1) is 18.5. The van der Waals surface area contributed by atoms with E-state index in [1.165, 1.54) is 0 Å². The van der Waals surface area contributed by atoms with E-state index in [4.69, 9.17) is 16.3 Å². The molecule has 1 unspecified atom stereocenters. The Morgan fingerprint density at radius 1 is 1.35 bits per heavy atom. The van der Waals surface area contributed by atoms with Gasteiger partial charge in [0, 0.05) is 41.9 Å². The topological polar surface area (TPSA) is 70.0 Å². The zero-order valence-corrected chi connectivity index (χ0v) is 15.4. The maximum atomic E-state index is 11.4. The van der Waals surface area contributed by atoms with E-state index < -0.39 is 5.97 Å². The number of carboxylic acid groups (broad SMARTS) is 1. The molecule has 2 aromatic rings. The quantitative estimate of drug-likeness (QED) is 0.773. The predicted octanol–water partition coefficient (Wildman–Crippen LogP) is 3.61. The molecule has 0 saturated heterocycles. The maximum Gasteiger partial charge on any atom is 0.336 e. The number of carboxylic acids is 1. The lowest BCUT2D eigenvalue weighted by Crippen LogP contribution is -2.21. The molecular formula is C20H22ClNO4. The average molecular weight is 376 g/mol. The second kappa shape index (κ2) is 7.98. The molecule has 0 bridgehead atoms. The molecule has 0 aromatic heterocycles. The van der Waals surface area contributed by atoms with Crippen molar-refractivity contribution in [3.63, 3.8) is 0 Å². The number of aromatic carboxylic acids is 1. The van der Waals surface area contributed by atoms with Crippen LogP contribution >= 0.6 is 11.6 Å². The lowest BCUT2D eigenvalue weighted by atomic mass is 10.1. The highest BCUT2D eigenvalue weighted by Gasteiger charge is 2.25. The van der Waals surface area contributed by atoms with Crippen LogP contribution in [0.4, 0.5) is 5.69 Å². The Bertz CT molecular complexity index is 808. The monoisotopic (exact) mass is 375 g/mol. The molecule has 0 fully saturated rings. The smallest absolute Gasteiger partial charge is 0.336 e. The number of hydrogen-bond donors (Lipinski definition) is 2. The van der Waals surface area contributed by atoms with E-state index in [2.05, 4.69) is 4.90 Å². The molecule has 26 heavy (non-hydrogen) atoms. The van der Waals surface area contributed by atoms with Gasteiger partial charge >= 0.3 is 5.97 Å². The van der Waals surface area contributed by atoms with Crippen molar-refractivity contribution in [3.8, 4) is 5.75 Å². The maximum absolute atomic E-state index is 11.4. The van der Waals surface area contributed by atoms with Crippen molar-refractivity contribution in [2.24, 2.45) is 5.92 Å². The Hall–Kier alpha value is -2.24. The first-order valence-corrected chi connectivity index (χ1v) is 8.99. The molecule has 0 spiro atoms. The fourth-order valence-corrected chi connectivity index (χ4v) is 3.36. The number of anilines is 1. The second-order valence-electron chi connectivity index (χ2n) is 6.63. The Balaban J connectivity index is 1.84. The number of halogens is 1. The molecule has 0 radical (unpaired) electrons. The fourth-order valence-electron chi connectivity index (χ4n) is 3.17. The van der Waals surface area contributed by atoms with Crippen LogP contribution in [-0.2, 0) is 13.0 Å². The second-order valence-corrected chi connectivity index (χ2v) is 7.07. The number of hydrogen-bond acceptors (Lipinski definition) is 4. The number of aliphatic hydroxyl groups is 1. The summed E-state index contributed by atoms with van der Waals surface area (Å²) >= 11 is 6.17. The van der Waals surface area contributed by atoms with Gasteiger partial charge in [0.25, 0.3) is 0 Å². The molecule has 1 aliphatic heterocycles. The van der Waals surface area contributed by atoms with E-state index in [-0.39, 0.29) is 12.5 Å². The lowest BCUT2D eigenvalue weighted by Gasteiger charge is -2.22. The summed E-state index contributed by atoms with van der Waals surface area (Å²) in [5.74, 6) is -0.116. The van der Waals surface area contributed by atoms with Gasteiger partial charge in [-0.25, -0.2) is 4.79 Å². The Morgan fingerprint density at radius 2 is 2.15 bits per heavy atom. The van der Waals surface area contributed by atoms with Gasteiger partial charge in [0.1, 0.15) is 5.75 Å². The summed E-state index contributed by atoms with van der Waals surface area (Å²) in [5.41, 5.74) is 3.12. The van der Waals surface area contributed by atoms with Crippen LogP contribution in [0.15, 0.2) is 36.4 Å². The average Bonchev–Trinajstić information content (AvgIpc) is 3.03. The summed E-state index contributed by atoms with van der Waals surface area (Å²) in [6.07, 6.45) is 0.704. The predicted molar refractivity (Wildman–Crippen MR) is 101 cm³/mol. The highest BCUT2D eigenvalue weighted by atomic mass is 35.5. The molecule has 6 heteroatoms. The van der Waals surface area contributed by atoms with Crippen LogP contribution in [0.2, 0.25) is 5.02 Å². The van der Waals surface area contributed by atoms with Crippen LogP contribution in [0.25, 0.3) is 0 Å². The minimum atomic E-state index is -0.895. The standard InChI is InChI=1S/C20H22ClNO4/c1-13(11-23)12-26-19-6-5-15(21)9-14(19)10-22-8-7-16-17(20(24)25)3-2-4-18(16)22/h2-6,9,13,23H,7-8,10-12H2,1H3,(H,24,25). The number of fused-ring (bicyclic) bond motifs is 1. The molecule has 138 valence electrons. The first-order valence-electron chi connectivity index (χ1n) is 8.61. The summed E-state index contributed by atoms with van der Waals surface area (Å²) in [5, 5.41) is 19.2. The number of benzene rings is 2. The normalized spacial score (nSPS) is 14.2. The zero-order chi connectivity index (χ0) is 18.7. The highest BCUT2D eigenvalue weighted by molar-refractivity contribution is 6.30. The highest BCUT2D eigenvalue weighted by Crippen LogP contribution is 2.34. The van der Waals surface area contributed by atoms with Crippen molar-refractivity contribution >= 4 is 23.3 Å². The van der Waals surface area contributed by atoms with Crippen molar-refractivity contribution in [1.82, 2.24) is 0 Å². The Labute approximate surface area is 157 Å². The van der Waals surface area contributed by atoms with Crippen LogP contribution in [0.3, 0.4) is 0 Å². The number of rotatable bonds is 7. The number of ether oxygens (including phenoxy) is 1. The van der Waals surface area contributed by atoms with Gasteiger partial charge in [-0.15, -0.1) is 0 Å². The minimum absolute atomic E-state index is 0.0455. The molecule has 1 atom stereocenters. The van der Waals surface area contributed by atoms with E-state index in [1.54, 1.807) is 18.2 Å². The van der Waals surface area contributed by atoms with Gasteiger partial charge in [-0.1, -0.05) is 24.6 Å². The molecule has 0 saturated carbocycles. The van der Waals surface area contributed by atoms with Crippen LogP contribution in [0.1, 0.15) is 28.4 Å². The molecule has 0 aliphatic carbocycles. The molecule has 2 N–H and O–H groups in total. The van der Waals surface area contributed by atoms with Crippen LogP contribution < -0.4 is 9.64 Å². The first-order chi connectivity index (χ1) is 12.5. The summed E-state index contributed by atoms with van der Waals surface area (Å²) in [6.45, 7) is 3.74. The summed E-state index contributed by atoms with van der Waals surface area (Å²) in [6, 6.07) is 10.9. The Kier molecular flexibility index (Phi) is 5.69. The molecular weight excluding hydrogens is 354 g/mol. The third-order valence-electron chi connectivity index (χ3n) is 4.57. The van der Waals surface area contributed by atoms with Gasteiger partial charge in [0.2, 0.25) is 0 Å².